The van der Waals surface area contributed by atoms with Gasteiger partial charge in [-0.1, -0.05) is 25.1 Å². The molecule has 0 radical (unpaired) electrons. The van der Waals surface area contributed by atoms with Gasteiger partial charge in [-0.2, -0.15) is 0 Å². The van der Waals surface area contributed by atoms with E-state index in [4.69, 9.17) is 0 Å². The van der Waals surface area contributed by atoms with Crippen LogP contribution in [-0.4, -0.2) is 21.8 Å². The molecule has 4 nitrogen and oxygen atoms in total. The molecule has 0 saturated heterocycles. The summed E-state index contributed by atoms with van der Waals surface area (Å²) in [6, 6.07) is 20.4. The lowest BCUT2D eigenvalue weighted by atomic mass is 10.1. The maximum Gasteiger partial charge on any atom is 0.255 e. The third-order valence-corrected chi connectivity index (χ3v) is 6.13. The van der Waals surface area contributed by atoms with Gasteiger partial charge >= 0.3 is 0 Å². The van der Waals surface area contributed by atoms with Gasteiger partial charge in [0.05, 0.1) is 15.8 Å². The number of benzene rings is 3. The smallest absolute Gasteiger partial charge is 0.255 e. The minimum absolute atomic E-state index is 0.137. The molecule has 0 bridgehead atoms. The first-order valence-corrected chi connectivity index (χ1v) is 10.7. The zero-order valence-corrected chi connectivity index (χ0v) is 16.8. The van der Waals surface area contributed by atoms with Crippen LogP contribution >= 0.6 is 23.1 Å². The molecular weight excluding hydrogens is 388 g/mol. The number of carbonyl (C=O) groups excluding carboxylic acids is 1. The third kappa shape index (κ3) is 3.88. The fourth-order valence-electron chi connectivity index (χ4n) is 2.87. The van der Waals surface area contributed by atoms with Crippen molar-refractivity contribution in [3.8, 4) is 16.3 Å². The number of fused-ring (bicyclic) bond motifs is 1. The second-order valence-electron chi connectivity index (χ2n) is 6.13. The Labute approximate surface area is 171 Å². The van der Waals surface area contributed by atoms with E-state index in [-0.39, 0.29) is 11.7 Å². The highest BCUT2D eigenvalue weighted by atomic mass is 32.2. The van der Waals surface area contributed by atoms with Crippen LogP contribution in [0.3, 0.4) is 0 Å². The molecule has 0 saturated carbocycles. The van der Waals surface area contributed by atoms with Crippen molar-refractivity contribution >= 4 is 44.9 Å². The maximum atomic E-state index is 12.6. The fraction of sp³-hybridized carbons (Fsp3) is 0.0909. The Morgan fingerprint density at radius 1 is 1.11 bits per heavy atom. The molecule has 0 aliphatic rings. The molecule has 0 spiro atoms. The van der Waals surface area contributed by atoms with Gasteiger partial charge in [-0.3, -0.25) is 4.79 Å². The summed E-state index contributed by atoms with van der Waals surface area (Å²) in [7, 11) is 0. The van der Waals surface area contributed by atoms with E-state index >= 15 is 0 Å². The number of hydrogen-bond acceptors (Lipinski definition) is 5. The zero-order chi connectivity index (χ0) is 19.5. The molecular formula is C22H18N2O2S2. The molecule has 6 heteroatoms. The standard InChI is InChI=1S/C22H18N2O2S2/c1-2-27-16-7-5-6-14(12-16)21(26)23-15-10-11-19(25)17(13-15)22-24-18-8-3-4-9-20(18)28-22/h3-13,25H,2H2,1H3,(H,23,26). The molecule has 0 aliphatic heterocycles. The minimum atomic E-state index is -0.181. The molecule has 0 atom stereocenters. The van der Waals surface area contributed by atoms with E-state index in [0.29, 0.717) is 16.8 Å². The van der Waals surface area contributed by atoms with Gasteiger partial charge < -0.3 is 10.4 Å². The van der Waals surface area contributed by atoms with Crippen molar-refractivity contribution in [1.82, 2.24) is 4.98 Å². The predicted molar refractivity (Wildman–Crippen MR) is 118 cm³/mol. The van der Waals surface area contributed by atoms with E-state index in [9.17, 15) is 9.90 Å². The Morgan fingerprint density at radius 3 is 2.79 bits per heavy atom. The van der Waals surface area contributed by atoms with Gasteiger partial charge in [-0.15, -0.1) is 23.1 Å². The molecule has 0 fully saturated rings. The summed E-state index contributed by atoms with van der Waals surface area (Å²) in [6.45, 7) is 2.08. The summed E-state index contributed by atoms with van der Waals surface area (Å²) in [5, 5.41) is 13.9. The largest absolute Gasteiger partial charge is 0.507 e. The molecule has 2 N–H and O–H groups in total. The number of thiazole rings is 1. The Kier molecular flexibility index (Phi) is 5.32. The number of phenols is 1. The monoisotopic (exact) mass is 406 g/mol. The van der Waals surface area contributed by atoms with Crippen LogP contribution in [-0.2, 0) is 0 Å². The molecule has 1 heterocycles. The van der Waals surface area contributed by atoms with Crippen LogP contribution < -0.4 is 5.32 Å². The summed E-state index contributed by atoms with van der Waals surface area (Å²) in [6.07, 6.45) is 0. The van der Waals surface area contributed by atoms with E-state index in [1.165, 1.54) is 11.3 Å². The van der Waals surface area contributed by atoms with E-state index in [1.54, 1.807) is 36.0 Å². The summed E-state index contributed by atoms with van der Waals surface area (Å²) in [4.78, 5) is 18.3. The molecule has 0 unspecified atom stereocenters. The summed E-state index contributed by atoms with van der Waals surface area (Å²) in [5.74, 6) is 0.909. The van der Waals surface area contributed by atoms with Crippen LogP contribution in [0.25, 0.3) is 20.8 Å². The highest BCUT2D eigenvalue weighted by molar-refractivity contribution is 7.99. The Hall–Kier alpha value is -2.83. The van der Waals surface area contributed by atoms with E-state index in [1.807, 2.05) is 42.5 Å². The van der Waals surface area contributed by atoms with E-state index in [2.05, 4.69) is 17.2 Å². The Balaban J connectivity index is 1.62. The average Bonchev–Trinajstić information content (AvgIpc) is 3.14. The van der Waals surface area contributed by atoms with Crippen LogP contribution in [0, 0.1) is 0 Å². The lowest BCUT2D eigenvalue weighted by Crippen LogP contribution is -2.11. The van der Waals surface area contributed by atoms with Gasteiger partial charge in [-0.25, -0.2) is 4.98 Å². The summed E-state index contributed by atoms with van der Waals surface area (Å²) in [5.41, 5.74) is 2.72. The minimum Gasteiger partial charge on any atom is -0.507 e. The molecule has 140 valence electrons. The van der Waals surface area contributed by atoms with Crippen molar-refractivity contribution in [3.05, 3.63) is 72.3 Å². The number of thioether (sulfide) groups is 1. The third-order valence-electron chi connectivity index (χ3n) is 4.19. The van der Waals surface area contributed by atoms with Gasteiger partial charge in [-0.05, 0) is 54.3 Å². The predicted octanol–water partition coefficient (Wildman–Crippen LogP) is 6.03. The molecule has 4 aromatic rings. The van der Waals surface area contributed by atoms with Crippen molar-refractivity contribution in [2.45, 2.75) is 11.8 Å². The van der Waals surface area contributed by atoms with Crippen molar-refractivity contribution in [2.75, 3.05) is 11.1 Å². The Morgan fingerprint density at radius 2 is 1.96 bits per heavy atom. The molecule has 3 aromatic carbocycles. The first kappa shape index (κ1) is 18.5. The second-order valence-corrected chi connectivity index (χ2v) is 8.50. The van der Waals surface area contributed by atoms with Crippen molar-refractivity contribution in [2.24, 2.45) is 0 Å². The number of rotatable bonds is 5. The first-order valence-electron chi connectivity index (χ1n) is 8.87. The number of anilines is 1. The average molecular weight is 407 g/mol. The number of amides is 1. The topological polar surface area (TPSA) is 62.2 Å². The number of aromatic nitrogens is 1. The van der Waals surface area contributed by atoms with Crippen LogP contribution in [0.15, 0.2) is 71.6 Å². The number of hydrogen-bond donors (Lipinski definition) is 2. The zero-order valence-electron chi connectivity index (χ0n) is 15.2. The number of aromatic hydroxyl groups is 1. The fourth-order valence-corrected chi connectivity index (χ4v) is 4.58. The number of nitrogens with one attached hydrogen (secondary N) is 1. The number of carbonyl (C=O) groups is 1. The van der Waals surface area contributed by atoms with Gasteiger partial charge in [0.25, 0.3) is 5.91 Å². The van der Waals surface area contributed by atoms with Crippen molar-refractivity contribution in [3.63, 3.8) is 0 Å². The van der Waals surface area contributed by atoms with Crippen LogP contribution in [0.4, 0.5) is 5.69 Å². The quantitative estimate of drug-likeness (QED) is 0.314. The van der Waals surface area contributed by atoms with E-state index < -0.39 is 0 Å². The molecule has 1 aromatic heterocycles. The van der Waals surface area contributed by atoms with Crippen LogP contribution in [0.2, 0.25) is 0 Å². The first-order chi connectivity index (χ1) is 13.6. The van der Waals surface area contributed by atoms with Gasteiger partial charge in [0.15, 0.2) is 0 Å². The number of para-hydroxylation sites is 1. The van der Waals surface area contributed by atoms with Gasteiger partial charge in [0.1, 0.15) is 10.8 Å². The molecule has 0 aliphatic carbocycles. The van der Waals surface area contributed by atoms with Gasteiger partial charge in [0, 0.05) is 16.1 Å². The molecule has 1 amide bonds. The highest BCUT2D eigenvalue weighted by Gasteiger charge is 2.13. The lowest BCUT2D eigenvalue weighted by molar-refractivity contribution is 0.102. The maximum absolute atomic E-state index is 12.6. The molecule has 28 heavy (non-hydrogen) atoms. The van der Waals surface area contributed by atoms with Crippen molar-refractivity contribution < 1.29 is 9.90 Å². The highest BCUT2D eigenvalue weighted by Crippen LogP contribution is 2.36. The summed E-state index contributed by atoms with van der Waals surface area (Å²) < 4.78 is 1.05. The second kappa shape index (κ2) is 8.04. The Bertz CT molecular complexity index is 1120. The number of nitrogens with zero attached hydrogens (tertiary/aromatic N) is 1. The van der Waals surface area contributed by atoms with E-state index in [0.717, 1.165) is 25.9 Å². The molecule has 4 rings (SSSR count). The summed E-state index contributed by atoms with van der Waals surface area (Å²) >= 11 is 3.21. The van der Waals surface area contributed by atoms with Crippen LogP contribution in [0.5, 0.6) is 5.75 Å². The van der Waals surface area contributed by atoms with Crippen LogP contribution in [0.1, 0.15) is 17.3 Å². The normalized spacial score (nSPS) is 10.9. The lowest BCUT2D eigenvalue weighted by Gasteiger charge is -2.09. The number of phenolic OH excluding ortho intramolecular Hbond substituents is 1. The van der Waals surface area contributed by atoms with Crippen molar-refractivity contribution in [1.29, 1.82) is 0 Å². The van der Waals surface area contributed by atoms with Gasteiger partial charge in [0.2, 0.25) is 0 Å². The SMILES string of the molecule is CCSc1cccc(C(=O)Nc2ccc(O)c(-c3nc4ccccc4s3)c2)c1.